The molecule has 14 nitrogen and oxygen atoms in total. The van der Waals surface area contributed by atoms with Crippen LogP contribution in [0.25, 0.3) is 9.69 Å². The Balaban J connectivity index is 0.000000206. The first-order chi connectivity index (χ1) is 38.8. The summed E-state index contributed by atoms with van der Waals surface area (Å²) in [6, 6.07) is 54.3. The summed E-state index contributed by atoms with van der Waals surface area (Å²) in [5.41, 5.74) is 8.62. The number of aliphatic hydroxyl groups is 1. The maximum absolute atomic E-state index is 12.2. The van der Waals surface area contributed by atoms with Crippen LogP contribution in [0.1, 0.15) is 155 Å². The van der Waals surface area contributed by atoms with Crippen molar-refractivity contribution in [2.75, 3.05) is 0 Å². The lowest BCUT2D eigenvalue weighted by Gasteiger charge is -2.21. The number of nitrogens with zero attached hydrogens (tertiary/aromatic N) is 7. The molecule has 3 amide bonds. The lowest BCUT2D eigenvalue weighted by atomic mass is 9.98. The third-order valence-corrected chi connectivity index (χ3v) is 12.6. The number of nitriles is 2. The molecule has 1 aromatic heterocycles. The van der Waals surface area contributed by atoms with Crippen LogP contribution in [0, 0.1) is 35.8 Å². The number of nitrogens with one attached hydrogen (secondary N) is 3. The van der Waals surface area contributed by atoms with Gasteiger partial charge in [-0.2, -0.15) is 15.6 Å². The van der Waals surface area contributed by atoms with E-state index in [2.05, 4.69) is 63.8 Å². The van der Waals surface area contributed by atoms with Gasteiger partial charge in [-0.15, -0.1) is 11.6 Å². The van der Waals surface area contributed by atoms with Crippen molar-refractivity contribution < 1.29 is 19.5 Å². The number of alkyl halides is 1. The number of benzene rings is 7. The van der Waals surface area contributed by atoms with Gasteiger partial charge >= 0.3 is 0 Å². The summed E-state index contributed by atoms with van der Waals surface area (Å²) in [5.74, 6) is -0.337. The number of aliphatic hydroxyl groups excluding tert-OH is 1. The van der Waals surface area contributed by atoms with Gasteiger partial charge in [-0.25, -0.2) is 19.4 Å². The highest BCUT2D eigenvalue weighted by molar-refractivity contribution is 9.10. The first-order valence-electron chi connectivity index (χ1n) is 25.8. The lowest BCUT2D eigenvalue weighted by molar-refractivity contribution is 0.0910. The summed E-state index contributed by atoms with van der Waals surface area (Å²) in [6.45, 7) is 31.4. The van der Waals surface area contributed by atoms with Crippen molar-refractivity contribution in [2.24, 2.45) is 0 Å². The molecule has 0 bridgehead atoms. The monoisotopic (exact) mass is 1170 g/mol. The van der Waals surface area contributed by atoms with Gasteiger partial charge in [0, 0.05) is 37.8 Å². The standard InChI is InChI=1S/C23H30N2O3.C17H11N5.C15H9ClN2.C11H14BrNO/c1-22(2,3)24-20(27)17-11-7-15(8-12-17)19(26)16-9-13-18(14-10-16)21(28)25-23(4,5)6;1-19-16-8-6-15(7-9-16)17(22-12-20-11-21-22)14-4-2-13(10-18)3-5-14;1-18-14-8-6-13(7-9-14)15(16)12-4-2-11(10-17)3-5-12;1-11(2,3)13-10(14)8-4-6-9(12)7-5-8/h7-14,19,26H,1-6H3,(H,24,27)(H,25,28);2-9,11-12,17H;2-9,15H;4-7H,1-3H3,(H,13,14). The summed E-state index contributed by atoms with van der Waals surface area (Å²) >= 11 is 9.69. The maximum Gasteiger partial charge on any atom is 0.251 e. The van der Waals surface area contributed by atoms with Crippen LogP contribution in [0.2, 0.25) is 0 Å². The number of aromatic nitrogens is 3. The van der Waals surface area contributed by atoms with Crippen LogP contribution >= 0.6 is 27.5 Å². The van der Waals surface area contributed by atoms with E-state index in [0.29, 0.717) is 50.3 Å². The molecule has 0 fully saturated rings. The average Bonchev–Trinajstić information content (AvgIpc) is 4.04. The Bertz CT molecular complexity index is 3360. The molecule has 0 radical (unpaired) electrons. The molecule has 82 heavy (non-hydrogen) atoms. The number of amides is 3. The molecule has 4 N–H and O–H groups in total. The van der Waals surface area contributed by atoms with Crippen LogP contribution in [0.4, 0.5) is 11.4 Å². The largest absolute Gasteiger partial charge is 0.384 e. The third-order valence-electron chi connectivity index (χ3n) is 11.6. The van der Waals surface area contributed by atoms with Crippen molar-refractivity contribution in [1.82, 2.24) is 30.7 Å². The summed E-state index contributed by atoms with van der Waals surface area (Å²) in [4.78, 5) is 46.8. The quantitative estimate of drug-likeness (QED) is 0.0767. The molecule has 0 aliphatic rings. The Morgan fingerprint density at radius 2 is 0.829 bits per heavy atom. The average molecular weight is 1180 g/mol. The molecule has 0 aliphatic carbocycles. The lowest BCUT2D eigenvalue weighted by Crippen LogP contribution is -2.40. The zero-order valence-electron chi connectivity index (χ0n) is 47.1. The van der Waals surface area contributed by atoms with Crippen LogP contribution in [0.15, 0.2) is 187 Å². The van der Waals surface area contributed by atoms with Gasteiger partial charge in [-0.1, -0.05) is 113 Å². The minimum absolute atomic E-state index is 0.0370. The SMILES string of the molecule is CC(C)(C)NC(=O)c1ccc(Br)cc1.CC(C)(C)NC(=O)c1ccc(C(O)c2ccc(C(=O)NC(C)(C)C)cc2)cc1.[C-]#[N+]c1ccc(C(Cl)c2ccc(C#N)cc2)cc1.[C-]#[N+]c1ccc(C(c2ccc(C#N)cc2)n2cncn2)cc1. The van der Waals surface area contributed by atoms with Gasteiger partial charge in [0.1, 0.15) is 24.8 Å². The Morgan fingerprint density at radius 3 is 1.13 bits per heavy atom. The number of hydrogen-bond donors (Lipinski definition) is 4. The number of carbonyl (C=O) groups is 3. The highest BCUT2D eigenvalue weighted by Crippen LogP contribution is 2.31. The van der Waals surface area contributed by atoms with Crippen molar-refractivity contribution in [1.29, 1.82) is 10.5 Å². The highest BCUT2D eigenvalue weighted by Gasteiger charge is 2.20. The summed E-state index contributed by atoms with van der Waals surface area (Å²) < 4.78 is 2.73. The number of halogens is 2. The smallest absolute Gasteiger partial charge is 0.251 e. The van der Waals surface area contributed by atoms with Crippen LogP contribution < -0.4 is 16.0 Å². The molecule has 8 aromatic rings. The van der Waals surface area contributed by atoms with E-state index in [0.717, 1.165) is 26.7 Å². The van der Waals surface area contributed by atoms with E-state index in [-0.39, 0.29) is 45.8 Å². The maximum atomic E-state index is 12.2. The molecule has 16 heteroatoms. The number of hydrogen-bond acceptors (Lipinski definition) is 8. The van der Waals surface area contributed by atoms with Crippen LogP contribution in [0.3, 0.4) is 0 Å². The molecule has 1 heterocycles. The molecule has 2 unspecified atom stereocenters. The van der Waals surface area contributed by atoms with Gasteiger partial charge in [0.15, 0.2) is 11.4 Å². The van der Waals surface area contributed by atoms with Crippen molar-refractivity contribution in [3.63, 3.8) is 0 Å². The predicted molar refractivity (Wildman–Crippen MR) is 325 cm³/mol. The second-order valence-electron chi connectivity index (χ2n) is 21.8. The number of carbonyl (C=O) groups excluding carboxylic acids is 3. The minimum atomic E-state index is -0.834. The zero-order chi connectivity index (χ0) is 60.2. The fraction of sp³-hybridized carbons (Fsp3) is 0.227. The second-order valence-corrected chi connectivity index (χ2v) is 23.1. The normalized spacial score (nSPS) is 11.5. The fourth-order valence-corrected chi connectivity index (χ4v) is 8.18. The van der Waals surface area contributed by atoms with Crippen LogP contribution in [0.5, 0.6) is 0 Å². The van der Waals surface area contributed by atoms with Gasteiger partial charge < -0.3 is 21.1 Å². The summed E-state index contributed by atoms with van der Waals surface area (Å²) in [6.07, 6.45) is 2.31. The Kier molecular flexibility index (Phi) is 22.7. The van der Waals surface area contributed by atoms with E-state index < -0.39 is 6.10 Å². The topological polar surface area (TPSA) is 195 Å². The van der Waals surface area contributed by atoms with Crippen molar-refractivity contribution >= 4 is 56.6 Å². The second kappa shape index (κ2) is 29.3. The molecule has 0 saturated carbocycles. The zero-order valence-corrected chi connectivity index (χ0v) is 49.5. The molecular weight excluding hydrogens is 1110 g/mol. The number of rotatable bonds is 10. The Morgan fingerprint density at radius 1 is 0.524 bits per heavy atom. The van der Waals surface area contributed by atoms with Gasteiger partial charge in [-0.05, 0) is 168 Å². The molecule has 8 rings (SSSR count). The van der Waals surface area contributed by atoms with E-state index in [1.165, 1.54) is 6.33 Å². The Labute approximate surface area is 494 Å². The first-order valence-corrected chi connectivity index (χ1v) is 27.1. The highest BCUT2D eigenvalue weighted by atomic mass is 79.9. The van der Waals surface area contributed by atoms with Crippen LogP contribution in [-0.2, 0) is 0 Å². The molecular formula is C66H64BrClN10O4. The third kappa shape index (κ3) is 20.2. The van der Waals surface area contributed by atoms with E-state index >= 15 is 0 Å². The summed E-state index contributed by atoms with van der Waals surface area (Å²) in [7, 11) is 0. The van der Waals surface area contributed by atoms with E-state index in [1.807, 2.05) is 123 Å². The molecule has 2 atom stereocenters. The molecule has 0 spiro atoms. The predicted octanol–water partition coefficient (Wildman–Crippen LogP) is 14.6. The fourth-order valence-electron chi connectivity index (χ4n) is 7.62. The van der Waals surface area contributed by atoms with Gasteiger partial charge in [0.25, 0.3) is 17.7 Å². The molecule has 7 aromatic carbocycles. The van der Waals surface area contributed by atoms with E-state index in [1.54, 1.807) is 120 Å². The molecule has 416 valence electrons. The van der Waals surface area contributed by atoms with Crippen molar-refractivity contribution in [3.05, 3.63) is 271 Å². The van der Waals surface area contributed by atoms with Crippen molar-refractivity contribution in [2.45, 2.75) is 96.5 Å². The first kappa shape index (κ1) is 63.6. The van der Waals surface area contributed by atoms with Crippen LogP contribution in [-0.4, -0.2) is 54.2 Å². The van der Waals surface area contributed by atoms with Gasteiger partial charge in [0.2, 0.25) is 0 Å². The molecule has 0 aliphatic heterocycles. The van der Waals surface area contributed by atoms with E-state index in [9.17, 15) is 19.5 Å². The van der Waals surface area contributed by atoms with Gasteiger partial charge in [-0.3, -0.25) is 14.4 Å². The van der Waals surface area contributed by atoms with Gasteiger partial charge in [0.05, 0.1) is 41.8 Å². The molecule has 0 saturated heterocycles. The van der Waals surface area contributed by atoms with E-state index in [4.69, 9.17) is 35.3 Å². The van der Waals surface area contributed by atoms with Crippen molar-refractivity contribution in [3.8, 4) is 12.1 Å². The Hall–Kier alpha value is -9.22. The summed E-state index contributed by atoms with van der Waals surface area (Å²) in [5, 5.41) is 41.0. The minimum Gasteiger partial charge on any atom is -0.384 e.